The van der Waals surface area contributed by atoms with Gasteiger partial charge in [-0.15, -0.1) is 0 Å². The van der Waals surface area contributed by atoms with E-state index in [9.17, 15) is 8.42 Å². The van der Waals surface area contributed by atoms with Crippen LogP contribution in [0.3, 0.4) is 0 Å². The first kappa shape index (κ1) is 15.2. The van der Waals surface area contributed by atoms with E-state index in [0.717, 1.165) is 11.1 Å². The molecule has 0 saturated heterocycles. The monoisotopic (exact) mass is 306 g/mol. The number of rotatable bonds is 4. The second kappa shape index (κ2) is 5.65. The zero-order valence-electron chi connectivity index (χ0n) is 12.2. The molecule has 3 N–H and O–H groups in total. The van der Waals surface area contributed by atoms with Crippen molar-refractivity contribution in [2.24, 2.45) is 0 Å². The number of hydrogen-bond acceptors (Lipinski definition) is 4. The molecule has 0 saturated carbocycles. The minimum absolute atomic E-state index is 0.100. The van der Waals surface area contributed by atoms with Crippen molar-refractivity contribution >= 4 is 21.4 Å². The molecule has 0 atom stereocenters. The van der Waals surface area contributed by atoms with Crippen molar-refractivity contribution in [1.82, 2.24) is 0 Å². The lowest BCUT2D eigenvalue weighted by atomic mass is 10.1. The molecule has 0 heterocycles. The summed E-state index contributed by atoms with van der Waals surface area (Å²) in [6.45, 7) is 3.71. The van der Waals surface area contributed by atoms with Crippen LogP contribution in [0.25, 0.3) is 0 Å². The third kappa shape index (κ3) is 3.11. The van der Waals surface area contributed by atoms with Gasteiger partial charge in [-0.25, -0.2) is 8.42 Å². The number of nitrogens with two attached hydrogens (primary N) is 1. The number of ether oxygens (including phenoxy) is 1. The Kier molecular flexibility index (Phi) is 4.09. The van der Waals surface area contributed by atoms with Crippen molar-refractivity contribution in [2.75, 3.05) is 17.6 Å². The molecule has 0 fully saturated rings. The Hall–Kier alpha value is -2.21. The lowest BCUT2D eigenvalue weighted by Gasteiger charge is -2.14. The summed E-state index contributed by atoms with van der Waals surface area (Å²) >= 11 is 0. The molecule has 2 aromatic rings. The minimum atomic E-state index is -3.69. The van der Waals surface area contributed by atoms with Crippen molar-refractivity contribution in [2.45, 2.75) is 18.7 Å². The molecule has 6 heteroatoms. The molecule has 112 valence electrons. The summed E-state index contributed by atoms with van der Waals surface area (Å²) in [7, 11) is -2.21. The van der Waals surface area contributed by atoms with E-state index in [1.807, 2.05) is 32.0 Å². The SMILES string of the molecule is COc1ccc(S(=O)(=O)Nc2c(C)cccc2C)cc1N. The molecular weight excluding hydrogens is 288 g/mol. The highest BCUT2D eigenvalue weighted by Gasteiger charge is 2.17. The predicted molar refractivity (Wildman–Crippen MR) is 84.1 cm³/mol. The van der Waals surface area contributed by atoms with Gasteiger partial charge in [0.2, 0.25) is 0 Å². The zero-order valence-corrected chi connectivity index (χ0v) is 13.0. The number of para-hydroxylation sites is 1. The maximum absolute atomic E-state index is 12.5. The maximum Gasteiger partial charge on any atom is 0.261 e. The van der Waals surface area contributed by atoms with Crippen molar-refractivity contribution in [3.63, 3.8) is 0 Å². The van der Waals surface area contributed by atoms with Crippen molar-refractivity contribution in [3.05, 3.63) is 47.5 Å². The topological polar surface area (TPSA) is 81.4 Å². The van der Waals surface area contributed by atoms with Gasteiger partial charge in [0.15, 0.2) is 0 Å². The van der Waals surface area contributed by atoms with E-state index in [-0.39, 0.29) is 10.6 Å². The predicted octanol–water partition coefficient (Wildman–Crippen LogP) is 2.70. The van der Waals surface area contributed by atoms with Crippen LogP contribution in [0.2, 0.25) is 0 Å². The first-order valence-corrected chi connectivity index (χ1v) is 7.86. The van der Waals surface area contributed by atoms with E-state index < -0.39 is 10.0 Å². The Morgan fingerprint density at radius 1 is 1.10 bits per heavy atom. The highest BCUT2D eigenvalue weighted by Crippen LogP contribution is 2.27. The lowest BCUT2D eigenvalue weighted by molar-refractivity contribution is 0.416. The lowest BCUT2D eigenvalue weighted by Crippen LogP contribution is -2.15. The van der Waals surface area contributed by atoms with Crippen LogP contribution in [-0.2, 0) is 10.0 Å². The second-order valence-corrected chi connectivity index (χ2v) is 6.46. The summed E-state index contributed by atoms with van der Waals surface area (Å²) in [5, 5.41) is 0. The molecule has 0 aromatic heterocycles. The van der Waals surface area contributed by atoms with Crippen molar-refractivity contribution < 1.29 is 13.2 Å². The normalized spacial score (nSPS) is 11.2. The van der Waals surface area contributed by atoms with Gasteiger partial charge >= 0.3 is 0 Å². The fourth-order valence-electron chi connectivity index (χ4n) is 2.05. The Morgan fingerprint density at radius 3 is 2.24 bits per heavy atom. The molecule has 2 rings (SSSR count). The number of nitrogens with one attached hydrogen (secondary N) is 1. The summed E-state index contributed by atoms with van der Waals surface area (Å²) in [5.74, 6) is 0.445. The van der Waals surface area contributed by atoms with Crippen LogP contribution in [0.4, 0.5) is 11.4 Å². The van der Waals surface area contributed by atoms with Gasteiger partial charge in [0.1, 0.15) is 5.75 Å². The van der Waals surface area contributed by atoms with Gasteiger partial charge in [-0.2, -0.15) is 0 Å². The van der Waals surface area contributed by atoms with Crippen LogP contribution < -0.4 is 15.2 Å². The molecule has 0 aliphatic carbocycles. The first-order valence-electron chi connectivity index (χ1n) is 6.37. The van der Waals surface area contributed by atoms with Gasteiger partial charge in [0.25, 0.3) is 10.0 Å². The molecule has 0 aliphatic rings. The van der Waals surface area contributed by atoms with Gasteiger partial charge in [-0.3, -0.25) is 4.72 Å². The highest BCUT2D eigenvalue weighted by molar-refractivity contribution is 7.92. The summed E-state index contributed by atoms with van der Waals surface area (Å²) < 4.78 is 32.5. The number of anilines is 2. The maximum atomic E-state index is 12.5. The first-order chi connectivity index (χ1) is 9.85. The zero-order chi connectivity index (χ0) is 15.6. The highest BCUT2D eigenvalue weighted by atomic mass is 32.2. The van der Waals surface area contributed by atoms with E-state index in [0.29, 0.717) is 11.4 Å². The second-order valence-electron chi connectivity index (χ2n) is 4.78. The summed E-state index contributed by atoms with van der Waals surface area (Å²) in [4.78, 5) is 0.100. The standard InChI is InChI=1S/C15H18N2O3S/c1-10-5-4-6-11(2)15(10)17-21(18,19)12-7-8-14(20-3)13(16)9-12/h4-9,17H,16H2,1-3H3. The summed E-state index contributed by atoms with van der Waals surface area (Å²) in [5.41, 5.74) is 8.36. The smallest absolute Gasteiger partial charge is 0.261 e. The molecule has 0 bridgehead atoms. The molecule has 0 radical (unpaired) electrons. The third-order valence-electron chi connectivity index (χ3n) is 3.23. The Balaban J connectivity index is 2.41. The Morgan fingerprint density at radius 2 is 1.71 bits per heavy atom. The van der Waals surface area contributed by atoms with Gasteiger partial charge in [-0.05, 0) is 43.2 Å². The van der Waals surface area contributed by atoms with Gasteiger partial charge in [0.05, 0.1) is 23.4 Å². The quantitative estimate of drug-likeness (QED) is 0.851. The molecule has 0 spiro atoms. The molecule has 0 amide bonds. The molecule has 21 heavy (non-hydrogen) atoms. The van der Waals surface area contributed by atoms with E-state index in [1.54, 1.807) is 0 Å². The van der Waals surface area contributed by atoms with E-state index >= 15 is 0 Å². The number of aryl methyl sites for hydroxylation is 2. The number of benzene rings is 2. The summed E-state index contributed by atoms with van der Waals surface area (Å²) in [6, 6.07) is 9.98. The number of nitrogen functional groups attached to an aromatic ring is 1. The van der Waals surface area contributed by atoms with E-state index in [2.05, 4.69) is 4.72 Å². The van der Waals surface area contributed by atoms with Crippen molar-refractivity contribution in [1.29, 1.82) is 0 Å². The Labute approximate surface area is 124 Å². The molecular formula is C15H18N2O3S. The number of sulfonamides is 1. The molecule has 0 aliphatic heterocycles. The van der Waals surface area contributed by atoms with Crippen LogP contribution >= 0.6 is 0 Å². The fourth-order valence-corrected chi connectivity index (χ4v) is 3.29. The Bertz CT molecular complexity index is 750. The number of methoxy groups -OCH3 is 1. The van der Waals surface area contributed by atoms with Crippen molar-refractivity contribution in [3.8, 4) is 5.75 Å². The average molecular weight is 306 g/mol. The van der Waals surface area contributed by atoms with Crippen LogP contribution in [0.15, 0.2) is 41.3 Å². The van der Waals surface area contributed by atoms with Gasteiger partial charge in [0, 0.05) is 0 Å². The molecule has 2 aromatic carbocycles. The van der Waals surface area contributed by atoms with E-state index in [4.69, 9.17) is 10.5 Å². The third-order valence-corrected chi connectivity index (χ3v) is 4.58. The molecule has 5 nitrogen and oxygen atoms in total. The van der Waals surface area contributed by atoms with Crippen LogP contribution in [0, 0.1) is 13.8 Å². The fraction of sp³-hybridized carbons (Fsp3) is 0.200. The average Bonchev–Trinajstić information content (AvgIpc) is 2.43. The van der Waals surface area contributed by atoms with E-state index in [1.165, 1.54) is 25.3 Å². The largest absolute Gasteiger partial charge is 0.495 e. The molecule has 0 unspecified atom stereocenters. The van der Waals surface area contributed by atoms with Crippen LogP contribution in [-0.4, -0.2) is 15.5 Å². The number of hydrogen-bond donors (Lipinski definition) is 2. The van der Waals surface area contributed by atoms with Crippen LogP contribution in [0.5, 0.6) is 5.75 Å². The van der Waals surface area contributed by atoms with Crippen LogP contribution in [0.1, 0.15) is 11.1 Å². The summed E-state index contributed by atoms with van der Waals surface area (Å²) in [6.07, 6.45) is 0. The van der Waals surface area contributed by atoms with Gasteiger partial charge in [-0.1, -0.05) is 18.2 Å². The van der Waals surface area contributed by atoms with Gasteiger partial charge < -0.3 is 10.5 Å². The minimum Gasteiger partial charge on any atom is -0.495 e.